The van der Waals surface area contributed by atoms with Crippen LogP contribution >= 0.6 is 0 Å². The average Bonchev–Trinajstić information content (AvgIpc) is 3.73. The van der Waals surface area contributed by atoms with E-state index in [2.05, 4.69) is 20.3 Å². The number of nitrogens with one attached hydrogen (secondary N) is 2. The Kier molecular flexibility index (Phi) is 10.9. The Balaban J connectivity index is 1.16. The van der Waals surface area contributed by atoms with Gasteiger partial charge in [0.1, 0.15) is 23.5 Å². The summed E-state index contributed by atoms with van der Waals surface area (Å²) >= 11 is 0. The number of fused-ring (bicyclic) bond motifs is 1. The van der Waals surface area contributed by atoms with Crippen molar-refractivity contribution in [1.29, 1.82) is 0 Å². The minimum Gasteiger partial charge on any atom is -0.494 e. The lowest BCUT2D eigenvalue weighted by molar-refractivity contribution is -0.0320. The highest BCUT2D eigenvalue weighted by Crippen LogP contribution is 2.31. The Morgan fingerprint density at radius 3 is 2.48 bits per heavy atom. The zero-order chi connectivity index (χ0) is 36.0. The number of nitrogens with two attached hydrogens (primary N) is 1. The largest absolute Gasteiger partial charge is 0.494 e. The van der Waals surface area contributed by atoms with E-state index >= 15 is 4.39 Å². The summed E-state index contributed by atoms with van der Waals surface area (Å²) in [6.45, 7) is 5.06. The third-order valence-corrected chi connectivity index (χ3v) is 7.83. The molecule has 0 radical (unpaired) electrons. The van der Waals surface area contributed by atoms with Crippen LogP contribution in [0.2, 0.25) is 0 Å². The number of hydrogen-bond donors (Lipinski definition) is 3. The van der Waals surface area contributed by atoms with E-state index in [0.29, 0.717) is 17.8 Å². The summed E-state index contributed by atoms with van der Waals surface area (Å²) < 4.78 is 41.9. The highest BCUT2D eigenvalue weighted by Gasteiger charge is 2.37. The van der Waals surface area contributed by atoms with Gasteiger partial charge in [0.15, 0.2) is 29.8 Å². The van der Waals surface area contributed by atoms with Crippen LogP contribution in [0.25, 0.3) is 11.2 Å². The standard InChI is InChI=1S/C34H37FN6O9/c1-5-47-18-49-24-10-11-25(46-4)27(35)26(24)29(42)19-6-8-20(9-7-19)31(43)40-23-15-41(14-22(23)36)33(45)50-34(2,3)16-48-32(44)21-12-13-37-30-28(21)38-17-39-30/h6-13,17,22-23H,5,14-16,18,36H2,1-4H3,(H,40,43)(H,37,38,39)/t22-,23-/m1/s1. The number of carbonyl (C=O) groups excluding carboxylic acids is 4. The normalized spacial score (nSPS) is 15.8. The van der Waals surface area contributed by atoms with E-state index in [4.69, 9.17) is 29.4 Å². The molecular weight excluding hydrogens is 655 g/mol. The number of ether oxygens (including phenoxy) is 5. The average molecular weight is 693 g/mol. The number of hydrogen-bond acceptors (Lipinski definition) is 12. The van der Waals surface area contributed by atoms with E-state index in [-0.39, 0.29) is 60.2 Å². The van der Waals surface area contributed by atoms with Crippen molar-refractivity contribution in [2.75, 3.05) is 40.2 Å². The monoisotopic (exact) mass is 692 g/mol. The highest BCUT2D eigenvalue weighted by molar-refractivity contribution is 6.11. The molecule has 15 nitrogen and oxygen atoms in total. The van der Waals surface area contributed by atoms with Gasteiger partial charge in [-0.2, -0.15) is 0 Å². The number of pyridine rings is 1. The smallest absolute Gasteiger partial charge is 0.410 e. The lowest BCUT2D eigenvalue weighted by Crippen LogP contribution is -2.46. The summed E-state index contributed by atoms with van der Waals surface area (Å²) in [5.74, 6) is -2.87. The van der Waals surface area contributed by atoms with E-state index in [9.17, 15) is 19.2 Å². The first-order valence-corrected chi connectivity index (χ1v) is 15.6. The van der Waals surface area contributed by atoms with Gasteiger partial charge in [-0.1, -0.05) is 12.1 Å². The fourth-order valence-electron chi connectivity index (χ4n) is 5.18. The summed E-state index contributed by atoms with van der Waals surface area (Å²) in [7, 11) is 1.28. The van der Waals surface area contributed by atoms with Crippen molar-refractivity contribution in [2.24, 2.45) is 5.73 Å². The molecular formula is C34H37FN6O9. The van der Waals surface area contributed by atoms with Gasteiger partial charge in [-0.15, -0.1) is 0 Å². The van der Waals surface area contributed by atoms with Crippen LogP contribution in [0.5, 0.6) is 11.5 Å². The molecule has 0 unspecified atom stereocenters. The predicted octanol–water partition coefficient (Wildman–Crippen LogP) is 3.22. The molecule has 0 spiro atoms. The molecule has 2 atom stereocenters. The topological polar surface area (TPSA) is 197 Å². The first-order valence-electron chi connectivity index (χ1n) is 15.6. The molecule has 50 heavy (non-hydrogen) atoms. The van der Waals surface area contributed by atoms with E-state index in [1.54, 1.807) is 20.8 Å². The number of aromatic nitrogens is 3. The molecule has 3 heterocycles. The molecule has 1 aliphatic heterocycles. The van der Waals surface area contributed by atoms with Gasteiger partial charge in [0.2, 0.25) is 0 Å². The lowest BCUT2D eigenvalue weighted by Gasteiger charge is -2.27. The van der Waals surface area contributed by atoms with Gasteiger partial charge in [-0.05, 0) is 51.1 Å². The van der Waals surface area contributed by atoms with Crippen LogP contribution in [-0.4, -0.2) is 101 Å². The maximum absolute atomic E-state index is 15.2. The quantitative estimate of drug-likeness (QED) is 0.0802. The molecule has 0 aliphatic carbocycles. The lowest BCUT2D eigenvalue weighted by atomic mass is 10.00. The maximum Gasteiger partial charge on any atom is 0.410 e. The Bertz CT molecular complexity index is 1880. The van der Waals surface area contributed by atoms with Crippen LogP contribution in [0, 0.1) is 5.82 Å². The summed E-state index contributed by atoms with van der Waals surface area (Å²) in [4.78, 5) is 64.5. The molecule has 0 saturated carbocycles. The molecule has 2 amide bonds. The minimum atomic E-state index is -1.19. The number of halogens is 1. The van der Waals surface area contributed by atoms with Crippen molar-refractivity contribution in [3.63, 3.8) is 0 Å². The van der Waals surface area contributed by atoms with Gasteiger partial charge in [0.05, 0.1) is 30.6 Å². The number of aromatic amines is 1. The van der Waals surface area contributed by atoms with Crippen molar-refractivity contribution < 1.29 is 47.3 Å². The summed E-state index contributed by atoms with van der Waals surface area (Å²) in [5, 5.41) is 2.81. The molecule has 264 valence electrons. The van der Waals surface area contributed by atoms with Gasteiger partial charge in [-0.25, -0.2) is 23.9 Å². The molecule has 0 bridgehead atoms. The first-order chi connectivity index (χ1) is 23.9. The number of H-pyrrole nitrogens is 1. The molecule has 2 aromatic carbocycles. The molecule has 16 heteroatoms. The van der Waals surface area contributed by atoms with Crippen LogP contribution in [-0.2, 0) is 14.2 Å². The molecule has 1 aliphatic rings. The number of methoxy groups -OCH3 is 1. The van der Waals surface area contributed by atoms with Crippen molar-refractivity contribution in [3.05, 3.63) is 83.1 Å². The molecule has 4 N–H and O–H groups in total. The number of ketones is 1. The second-order valence-corrected chi connectivity index (χ2v) is 11.9. The minimum absolute atomic E-state index is 0.0211. The van der Waals surface area contributed by atoms with Crippen LogP contribution in [0.4, 0.5) is 9.18 Å². The van der Waals surface area contributed by atoms with Gasteiger partial charge in [0, 0.05) is 43.1 Å². The summed E-state index contributed by atoms with van der Waals surface area (Å²) in [6, 6.07) is 8.65. The SMILES string of the molecule is CCOCOc1ccc(OC)c(F)c1C(=O)c1ccc(C(=O)N[C@@H]2CN(C(=O)OC(C)(C)COC(=O)c3ccnc4nc[nH]c34)C[C@H]2N)cc1. The van der Waals surface area contributed by atoms with Crippen LogP contribution in [0.1, 0.15) is 57.4 Å². The van der Waals surface area contributed by atoms with Gasteiger partial charge < -0.3 is 44.6 Å². The van der Waals surface area contributed by atoms with E-state index < -0.39 is 47.3 Å². The zero-order valence-electron chi connectivity index (χ0n) is 27.9. The van der Waals surface area contributed by atoms with E-state index in [1.165, 1.54) is 67.0 Å². The number of nitrogens with zero attached hydrogens (tertiary/aromatic N) is 3. The first kappa shape index (κ1) is 35.7. The van der Waals surface area contributed by atoms with Crippen molar-refractivity contribution in [3.8, 4) is 11.5 Å². The number of carbonyl (C=O) groups is 4. The van der Waals surface area contributed by atoms with Crippen molar-refractivity contribution in [1.82, 2.24) is 25.2 Å². The van der Waals surface area contributed by atoms with Gasteiger partial charge in [-0.3, -0.25) is 9.59 Å². The third-order valence-electron chi connectivity index (χ3n) is 7.83. The van der Waals surface area contributed by atoms with Crippen molar-refractivity contribution in [2.45, 2.75) is 38.5 Å². The zero-order valence-corrected chi connectivity index (χ0v) is 27.9. The summed E-state index contributed by atoms with van der Waals surface area (Å²) in [5.41, 5.74) is 6.07. The van der Waals surface area contributed by atoms with Gasteiger partial charge >= 0.3 is 12.1 Å². The summed E-state index contributed by atoms with van der Waals surface area (Å²) in [6.07, 6.45) is 2.16. The number of benzene rings is 2. The number of imidazole rings is 1. The molecule has 5 rings (SSSR count). The van der Waals surface area contributed by atoms with Gasteiger partial charge in [0.25, 0.3) is 5.91 Å². The number of likely N-dealkylation sites (tertiary alicyclic amines) is 1. The van der Waals surface area contributed by atoms with E-state index in [1.807, 2.05) is 0 Å². The molecule has 4 aromatic rings. The van der Waals surface area contributed by atoms with E-state index in [0.717, 1.165) is 0 Å². The molecule has 2 aromatic heterocycles. The number of amides is 2. The second kappa shape index (κ2) is 15.3. The van der Waals surface area contributed by atoms with Crippen molar-refractivity contribution >= 4 is 34.9 Å². The Hall–Kier alpha value is -5.61. The fraction of sp³-hybridized carbons (Fsp3) is 0.353. The van der Waals surface area contributed by atoms with Crippen LogP contribution in [0.15, 0.2) is 55.0 Å². The number of esters is 1. The second-order valence-electron chi connectivity index (χ2n) is 11.9. The molecule has 1 fully saturated rings. The third kappa shape index (κ3) is 7.98. The Morgan fingerprint density at radius 1 is 1.04 bits per heavy atom. The predicted molar refractivity (Wildman–Crippen MR) is 175 cm³/mol. The number of rotatable bonds is 13. The Labute approximate surface area is 286 Å². The Morgan fingerprint density at radius 2 is 1.76 bits per heavy atom. The van der Waals surface area contributed by atoms with Crippen LogP contribution in [0.3, 0.4) is 0 Å². The maximum atomic E-state index is 15.2. The fourth-order valence-corrected chi connectivity index (χ4v) is 5.18. The van der Waals surface area contributed by atoms with Crippen LogP contribution < -0.4 is 20.5 Å². The highest BCUT2D eigenvalue weighted by atomic mass is 19.1. The molecule has 1 saturated heterocycles.